The topological polar surface area (TPSA) is 55.0 Å². The van der Waals surface area contributed by atoms with Crippen LogP contribution in [0.25, 0.3) is 11.0 Å². The summed E-state index contributed by atoms with van der Waals surface area (Å²) in [6, 6.07) is 7.43. The number of para-hydroxylation sites is 1. The molecule has 0 unspecified atom stereocenters. The van der Waals surface area contributed by atoms with Crippen LogP contribution in [0.2, 0.25) is 0 Å². The zero-order valence-corrected chi connectivity index (χ0v) is 8.52. The van der Waals surface area contributed by atoms with Crippen LogP contribution in [0.15, 0.2) is 33.8 Å². The van der Waals surface area contributed by atoms with E-state index in [1.165, 1.54) is 0 Å². The lowest BCUT2D eigenvalue weighted by Gasteiger charge is -1.98. The Balaban J connectivity index is 2.65. The molecule has 0 saturated carbocycles. The minimum absolute atomic E-state index is 0.438. The van der Waals surface area contributed by atoms with E-state index in [0.717, 1.165) is 5.39 Å². The fourth-order valence-corrected chi connectivity index (χ4v) is 1.42. The maximum absolute atomic E-state index is 8.64. The zero-order chi connectivity index (χ0) is 10.8. The Morgan fingerprint density at radius 3 is 2.93 bits per heavy atom. The summed E-state index contributed by atoms with van der Waals surface area (Å²) in [4.78, 5) is 0. The third-order valence-electron chi connectivity index (χ3n) is 2.23. The largest absolute Gasteiger partial charge is 0.493 e. The summed E-state index contributed by atoms with van der Waals surface area (Å²) >= 11 is 0. The minimum atomic E-state index is 0.438. The Bertz CT molecular complexity index is 514. The molecule has 15 heavy (non-hydrogen) atoms. The van der Waals surface area contributed by atoms with Crippen molar-refractivity contribution < 1.29 is 14.4 Å². The molecule has 0 saturated heterocycles. The van der Waals surface area contributed by atoms with Crippen molar-refractivity contribution in [3.05, 3.63) is 30.0 Å². The molecule has 4 nitrogen and oxygen atoms in total. The van der Waals surface area contributed by atoms with Crippen LogP contribution in [-0.2, 0) is 0 Å². The Hall–Kier alpha value is -1.97. The third kappa shape index (κ3) is 1.54. The van der Waals surface area contributed by atoms with Gasteiger partial charge in [0.1, 0.15) is 5.71 Å². The van der Waals surface area contributed by atoms with Crippen molar-refractivity contribution in [2.75, 3.05) is 7.11 Å². The van der Waals surface area contributed by atoms with Crippen molar-refractivity contribution in [1.29, 1.82) is 0 Å². The molecule has 0 amide bonds. The second kappa shape index (κ2) is 3.65. The molecule has 1 aromatic heterocycles. The lowest BCUT2D eigenvalue weighted by molar-refractivity contribution is 0.318. The van der Waals surface area contributed by atoms with E-state index in [9.17, 15) is 0 Å². The number of oxime groups is 1. The highest BCUT2D eigenvalue weighted by molar-refractivity contribution is 6.00. The summed E-state index contributed by atoms with van der Waals surface area (Å²) in [6.45, 7) is 1.67. The van der Waals surface area contributed by atoms with Crippen LogP contribution < -0.4 is 4.74 Å². The van der Waals surface area contributed by atoms with E-state index >= 15 is 0 Å². The summed E-state index contributed by atoms with van der Waals surface area (Å²) in [5.74, 6) is 1.21. The molecule has 1 N–H and O–H groups in total. The van der Waals surface area contributed by atoms with Gasteiger partial charge in [-0.25, -0.2) is 0 Å². The van der Waals surface area contributed by atoms with Crippen molar-refractivity contribution in [2.45, 2.75) is 6.92 Å². The van der Waals surface area contributed by atoms with Gasteiger partial charge in [-0.3, -0.25) is 0 Å². The highest BCUT2D eigenvalue weighted by atomic mass is 16.5. The van der Waals surface area contributed by atoms with E-state index < -0.39 is 0 Å². The molecular formula is C11H11NO3. The van der Waals surface area contributed by atoms with Crippen LogP contribution in [0, 0.1) is 0 Å². The number of rotatable bonds is 2. The Kier molecular flexibility index (Phi) is 2.33. The normalized spacial score (nSPS) is 12.0. The summed E-state index contributed by atoms with van der Waals surface area (Å²) in [5.41, 5.74) is 1.10. The van der Waals surface area contributed by atoms with E-state index in [-0.39, 0.29) is 0 Å². The van der Waals surface area contributed by atoms with E-state index in [0.29, 0.717) is 22.8 Å². The van der Waals surface area contributed by atoms with Gasteiger partial charge in [-0.15, -0.1) is 0 Å². The molecule has 78 valence electrons. The summed E-state index contributed by atoms with van der Waals surface area (Å²) in [7, 11) is 1.59. The first-order valence-corrected chi connectivity index (χ1v) is 4.52. The van der Waals surface area contributed by atoms with Crippen LogP contribution in [0.1, 0.15) is 12.7 Å². The number of ether oxygens (including phenoxy) is 1. The number of benzene rings is 1. The van der Waals surface area contributed by atoms with E-state index in [4.69, 9.17) is 14.4 Å². The summed E-state index contributed by atoms with van der Waals surface area (Å²) in [6.07, 6.45) is 0. The lowest BCUT2D eigenvalue weighted by Crippen LogP contribution is -1.89. The molecule has 0 bridgehead atoms. The Labute approximate surface area is 86.8 Å². The Morgan fingerprint density at radius 2 is 2.27 bits per heavy atom. The predicted molar refractivity (Wildman–Crippen MR) is 56.8 cm³/mol. The average molecular weight is 205 g/mol. The zero-order valence-electron chi connectivity index (χ0n) is 8.52. The molecule has 2 rings (SSSR count). The van der Waals surface area contributed by atoms with Gasteiger partial charge >= 0.3 is 0 Å². The first kappa shape index (κ1) is 9.58. The van der Waals surface area contributed by atoms with Gasteiger partial charge in [-0.1, -0.05) is 17.3 Å². The van der Waals surface area contributed by atoms with Gasteiger partial charge in [0.2, 0.25) is 0 Å². The average Bonchev–Trinajstić information content (AvgIpc) is 2.71. The van der Waals surface area contributed by atoms with Gasteiger partial charge in [0, 0.05) is 5.39 Å². The molecule has 2 aromatic rings. The van der Waals surface area contributed by atoms with E-state index in [1.807, 2.05) is 24.3 Å². The first-order chi connectivity index (χ1) is 7.26. The minimum Gasteiger partial charge on any atom is -0.493 e. The number of hydrogen-bond donors (Lipinski definition) is 1. The number of fused-ring (bicyclic) bond motifs is 1. The molecule has 0 aliphatic carbocycles. The molecule has 0 aliphatic heterocycles. The van der Waals surface area contributed by atoms with Gasteiger partial charge in [0.25, 0.3) is 0 Å². The van der Waals surface area contributed by atoms with Crippen molar-refractivity contribution in [3.8, 4) is 5.75 Å². The van der Waals surface area contributed by atoms with Crippen molar-refractivity contribution in [2.24, 2.45) is 5.16 Å². The van der Waals surface area contributed by atoms with Crippen molar-refractivity contribution >= 4 is 16.7 Å². The van der Waals surface area contributed by atoms with Crippen molar-refractivity contribution in [1.82, 2.24) is 0 Å². The second-order valence-electron chi connectivity index (χ2n) is 3.17. The van der Waals surface area contributed by atoms with Gasteiger partial charge < -0.3 is 14.4 Å². The summed E-state index contributed by atoms with van der Waals surface area (Å²) in [5, 5.41) is 12.7. The highest BCUT2D eigenvalue weighted by Gasteiger charge is 2.10. The molecule has 0 atom stereocenters. The van der Waals surface area contributed by atoms with Gasteiger partial charge in [0.15, 0.2) is 17.1 Å². The van der Waals surface area contributed by atoms with Crippen LogP contribution in [0.4, 0.5) is 0 Å². The van der Waals surface area contributed by atoms with Gasteiger partial charge in [0.05, 0.1) is 7.11 Å². The quantitative estimate of drug-likeness (QED) is 0.466. The van der Waals surface area contributed by atoms with Crippen LogP contribution in [0.5, 0.6) is 5.75 Å². The smallest absolute Gasteiger partial charge is 0.176 e. The molecule has 0 spiro atoms. The first-order valence-electron chi connectivity index (χ1n) is 4.52. The fraction of sp³-hybridized carbons (Fsp3) is 0.182. The summed E-state index contributed by atoms with van der Waals surface area (Å²) < 4.78 is 10.7. The molecule has 0 aliphatic rings. The molecular weight excluding hydrogens is 194 g/mol. The molecule has 1 heterocycles. The maximum atomic E-state index is 8.64. The highest BCUT2D eigenvalue weighted by Crippen LogP contribution is 2.28. The van der Waals surface area contributed by atoms with E-state index in [2.05, 4.69) is 5.16 Å². The molecule has 1 aromatic carbocycles. The standard InChI is InChI=1S/C11H11NO3/c1-7(12-13)10-6-8-4-3-5-9(14-2)11(8)15-10/h3-6,13H,1-2H3/b12-7-. The number of methoxy groups -OCH3 is 1. The number of hydrogen-bond acceptors (Lipinski definition) is 4. The van der Waals surface area contributed by atoms with Crippen molar-refractivity contribution in [3.63, 3.8) is 0 Å². The number of nitrogens with zero attached hydrogens (tertiary/aromatic N) is 1. The van der Waals surface area contributed by atoms with Crippen LogP contribution >= 0.6 is 0 Å². The molecule has 0 radical (unpaired) electrons. The predicted octanol–water partition coefficient (Wildman–Crippen LogP) is 2.64. The van der Waals surface area contributed by atoms with E-state index in [1.54, 1.807) is 14.0 Å². The van der Waals surface area contributed by atoms with Crippen LogP contribution in [-0.4, -0.2) is 18.0 Å². The third-order valence-corrected chi connectivity index (χ3v) is 2.23. The van der Waals surface area contributed by atoms with Gasteiger partial charge in [-0.2, -0.15) is 0 Å². The fourth-order valence-electron chi connectivity index (χ4n) is 1.42. The maximum Gasteiger partial charge on any atom is 0.176 e. The lowest BCUT2D eigenvalue weighted by atomic mass is 10.2. The number of furan rings is 1. The molecule has 0 fully saturated rings. The van der Waals surface area contributed by atoms with Crippen LogP contribution in [0.3, 0.4) is 0 Å². The molecule has 4 heteroatoms. The SMILES string of the molecule is COc1cccc2cc(/C(C)=N\O)oc12. The monoisotopic (exact) mass is 205 g/mol. The Morgan fingerprint density at radius 1 is 1.47 bits per heavy atom. The van der Waals surface area contributed by atoms with Gasteiger partial charge in [-0.05, 0) is 19.1 Å². The second-order valence-corrected chi connectivity index (χ2v) is 3.17.